The van der Waals surface area contributed by atoms with Gasteiger partial charge in [-0.3, -0.25) is 0 Å². The average molecular weight is 335 g/mol. The van der Waals surface area contributed by atoms with Gasteiger partial charge in [-0.15, -0.1) is 0 Å². The summed E-state index contributed by atoms with van der Waals surface area (Å²) in [5.41, 5.74) is 1.72. The van der Waals surface area contributed by atoms with Gasteiger partial charge < -0.3 is 9.64 Å². The van der Waals surface area contributed by atoms with Crippen molar-refractivity contribution in [1.29, 1.82) is 5.26 Å². The van der Waals surface area contributed by atoms with Gasteiger partial charge in [-0.25, -0.2) is 15.0 Å². The van der Waals surface area contributed by atoms with Gasteiger partial charge in [0.1, 0.15) is 18.2 Å². The van der Waals surface area contributed by atoms with Crippen LogP contribution in [0.15, 0.2) is 30.7 Å². The molecule has 0 radical (unpaired) electrons. The van der Waals surface area contributed by atoms with Crippen LogP contribution in [0.2, 0.25) is 0 Å². The molecule has 0 bridgehead atoms. The SMILES string of the molecule is N#Cc1ccc(N2CCC(COc3cc(C4CC4)ncn3)CC2)nc1. The van der Waals surface area contributed by atoms with Crippen molar-refractivity contribution in [2.45, 2.75) is 31.6 Å². The van der Waals surface area contributed by atoms with Gasteiger partial charge in [0.25, 0.3) is 0 Å². The molecular formula is C19H21N5O. The van der Waals surface area contributed by atoms with Crippen LogP contribution in [-0.2, 0) is 0 Å². The monoisotopic (exact) mass is 335 g/mol. The van der Waals surface area contributed by atoms with Gasteiger partial charge >= 0.3 is 0 Å². The summed E-state index contributed by atoms with van der Waals surface area (Å²) in [7, 11) is 0. The molecule has 1 aliphatic carbocycles. The predicted octanol–water partition coefficient (Wildman–Crippen LogP) is 2.92. The molecule has 0 amide bonds. The molecule has 6 heteroatoms. The largest absolute Gasteiger partial charge is 0.477 e. The Labute approximate surface area is 147 Å². The number of pyridine rings is 1. The van der Waals surface area contributed by atoms with Crippen LogP contribution in [0.25, 0.3) is 0 Å². The fourth-order valence-electron chi connectivity index (χ4n) is 3.21. The number of nitrogens with zero attached hydrogens (tertiary/aromatic N) is 5. The maximum Gasteiger partial charge on any atom is 0.216 e. The Morgan fingerprint density at radius 3 is 2.64 bits per heavy atom. The number of hydrogen-bond acceptors (Lipinski definition) is 6. The number of nitriles is 1. The zero-order valence-electron chi connectivity index (χ0n) is 14.1. The third-order valence-electron chi connectivity index (χ3n) is 4.94. The van der Waals surface area contributed by atoms with E-state index in [0.29, 0.717) is 29.9 Å². The van der Waals surface area contributed by atoms with Crippen molar-refractivity contribution < 1.29 is 4.74 Å². The number of hydrogen-bond donors (Lipinski definition) is 0. The van der Waals surface area contributed by atoms with Gasteiger partial charge in [0.2, 0.25) is 5.88 Å². The van der Waals surface area contributed by atoms with Crippen LogP contribution in [0.3, 0.4) is 0 Å². The summed E-state index contributed by atoms with van der Waals surface area (Å²) in [4.78, 5) is 15.2. The number of ether oxygens (including phenoxy) is 1. The number of rotatable bonds is 5. The van der Waals surface area contributed by atoms with Gasteiger partial charge in [0.05, 0.1) is 17.9 Å². The zero-order chi connectivity index (χ0) is 17.1. The van der Waals surface area contributed by atoms with E-state index in [4.69, 9.17) is 10.00 Å². The molecule has 0 aromatic carbocycles. The van der Waals surface area contributed by atoms with Crippen molar-refractivity contribution >= 4 is 5.82 Å². The molecule has 2 aromatic heterocycles. The molecule has 2 aliphatic rings. The molecule has 25 heavy (non-hydrogen) atoms. The standard InChI is InChI=1S/C19H21N5O/c20-10-15-1-4-18(21-11-15)24-7-5-14(6-8-24)12-25-19-9-17(16-2-3-16)22-13-23-19/h1,4,9,11,13-14,16H,2-3,5-8,12H2. The van der Waals surface area contributed by atoms with E-state index in [1.54, 1.807) is 12.5 Å². The summed E-state index contributed by atoms with van der Waals surface area (Å²) in [6, 6.07) is 7.85. The van der Waals surface area contributed by atoms with E-state index in [2.05, 4.69) is 25.9 Å². The van der Waals surface area contributed by atoms with Gasteiger partial charge in [-0.05, 0) is 43.7 Å². The third kappa shape index (κ3) is 3.87. The second-order valence-corrected chi connectivity index (χ2v) is 6.81. The Morgan fingerprint density at radius 1 is 1.12 bits per heavy atom. The average Bonchev–Trinajstić information content (AvgIpc) is 3.52. The maximum absolute atomic E-state index is 8.85. The van der Waals surface area contributed by atoms with Crippen molar-refractivity contribution in [2.75, 3.05) is 24.6 Å². The Morgan fingerprint density at radius 2 is 1.96 bits per heavy atom. The first-order valence-corrected chi connectivity index (χ1v) is 8.87. The van der Waals surface area contributed by atoms with E-state index in [1.807, 2.05) is 18.2 Å². The lowest BCUT2D eigenvalue weighted by Crippen LogP contribution is -2.36. The molecule has 0 N–H and O–H groups in total. The summed E-state index contributed by atoms with van der Waals surface area (Å²) < 4.78 is 5.91. The zero-order valence-corrected chi connectivity index (χ0v) is 14.1. The number of anilines is 1. The van der Waals surface area contributed by atoms with Crippen LogP contribution in [-0.4, -0.2) is 34.6 Å². The molecule has 1 saturated carbocycles. The lowest BCUT2D eigenvalue weighted by molar-refractivity contribution is 0.215. The normalized spacial score (nSPS) is 18.0. The van der Waals surface area contributed by atoms with Crippen LogP contribution < -0.4 is 9.64 Å². The smallest absolute Gasteiger partial charge is 0.216 e. The van der Waals surface area contributed by atoms with E-state index in [0.717, 1.165) is 37.4 Å². The highest BCUT2D eigenvalue weighted by Gasteiger charge is 2.26. The summed E-state index contributed by atoms with van der Waals surface area (Å²) in [5, 5.41) is 8.85. The van der Waals surface area contributed by atoms with Gasteiger partial charge in [0.15, 0.2) is 0 Å². The van der Waals surface area contributed by atoms with Gasteiger partial charge in [0, 0.05) is 31.3 Å². The fourth-order valence-corrected chi connectivity index (χ4v) is 3.21. The van der Waals surface area contributed by atoms with E-state index in [-0.39, 0.29) is 0 Å². The van der Waals surface area contributed by atoms with E-state index in [1.165, 1.54) is 12.8 Å². The lowest BCUT2D eigenvalue weighted by Gasteiger charge is -2.32. The summed E-state index contributed by atoms with van der Waals surface area (Å²) >= 11 is 0. The van der Waals surface area contributed by atoms with Gasteiger partial charge in [-0.2, -0.15) is 5.26 Å². The van der Waals surface area contributed by atoms with E-state index >= 15 is 0 Å². The van der Waals surface area contributed by atoms with Crippen molar-refractivity contribution in [3.8, 4) is 11.9 Å². The molecule has 6 nitrogen and oxygen atoms in total. The molecule has 0 unspecified atom stereocenters. The molecule has 4 rings (SSSR count). The predicted molar refractivity (Wildman–Crippen MR) is 93.4 cm³/mol. The molecule has 0 spiro atoms. The maximum atomic E-state index is 8.85. The Bertz CT molecular complexity index is 758. The second-order valence-electron chi connectivity index (χ2n) is 6.81. The Hall–Kier alpha value is -2.68. The van der Waals surface area contributed by atoms with Crippen LogP contribution in [0, 0.1) is 17.2 Å². The van der Waals surface area contributed by atoms with Crippen LogP contribution in [0.4, 0.5) is 5.82 Å². The highest BCUT2D eigenvalue weighted by molar-refractivity contribution is 5.42. The second kappa shape index (κ2) is 7.06. The van der Waals surface area contributed by atoms with Crippen molar-refractivity contribution in [3.63, 3.8) is 0 Å². The highest BCUT2D eigenvalue weighted by atomic mass is 16.5. The molecule has 0 atom stereocenters. The van der Waals surface area contributed by atoms with Crippen LogP contribution in [0.5, 0.6) is 5.88 Å². The quantitative estimate of drug-likeness (QED) is 0.836. The Balaban J connectivity index is 1.27. The minimum absolute atomic E-state index is 0.536. The molecule has 128 valence electrons. The first-order valence-electron chi connectivity index (χ1n) is 8.87. The fraction of sp³-hybridized carbons (Fsp3) is 0.474. The molecule has 1 aliphatic heterocycles. The number of aromatic nitrogens is 3. The molecule has 2 fully saturated rings. The molecular weight excluding hydrogens is 314 g/mol. The van der Waals surface area contributed by atoms with Crippen molar-refractivity contribution in [1.82, 2.24) is 15.0 Å². The van der Waals surface area contributed by atoms with Gasteiger partial charge in [-0.1, -0.05) is 0 Å². The Kier molecular flexibility index (Phi) is 4.47. The molecule has 3 heterocycles. The highest BCUT2D eigenvalue weighted by Crippen LogP contribution is 2.39. The topological polar surface area (TPSA) is 74.9 Å². The van der Waals surface area contributed by atoms with Crippen molar-refractivity contribution in [2.24, 2.45) is 5.92 Å². The minimum atomic E-state index is 0.536. The summed E-state index contributed by atoms with van der Waals surface area (Å²) in [6.45, 7) is 2.63. The minimum Gasteiger partial charge on any atom is -0.477 e. The third-order valence-corrected chi connectivity index (χ3v) is 4.94. The lowest BCUT2D eigenvalue weighted by atomic mass is 9.98. The number of piperidine rings is 1. The van der Waals surface area contributed by atoms with Crippen molar-refractivity contribution in [3.05, 3.63) is 42.0 Å². The summed E-state index contributed by atoms with van der Waals surface area (Å²) in [6.07, 6.45) is 7.86. The molecule has 2 aromatic rings. The van der Waals surface area contributed by atoms with Crippen LogP contribution in [0.1, 0.15) is 42.9 Å². The first kappa shape index (κ1) is 15.8. The first-order chi connectivity index (χ1) is 12.3. The van der Waals surface area contributed by atoms with E-state index in [9.17, 15) is 0 Å². The van der Waals surface area contributed by atoms with E-state index < -0.39 is 0 Å². The molecule has 1 saturated heterocycles. The van der Waals surface area contributed by atoms with Crippen LogP contribution >= 0.6 is 0 Å². The summed E-state index contributed by atoms with van der Waals surface area (Å²) in [5.74, 6) is 2.80.